The molecule has 1 aromatic rings. The van der Waals surface area contributed by atoms with Crippen LogP contribution in [0.2, 0.25) is 0 Å². The van der Waals surface area contributed by atoms with Gasteiger partial charge < -0.3 is 10.2 Å². The molecule has 1 saturated heterocycles. The van der Waals surface area contributed by atoms with E-state index in [0.717, 1.165) is 25.2 Å². The number of benzene rings is 1. The van der Waals surface area contributed by atoms with E-state index in [1.54, 1.807) is 12.1 Å². The number of carbonyl (C=O) groups excluding carboxylic acids is 3. The molecule has 0 spiro atoms. The molecule has 0 aliphatic carbocycles. The van der Waals surface area contributed by atoms with Gasteiger partial charge in [-0.25, -0.2) is 0 Å². The fourth-order valence-corrected chi connectivity index (χ4v) is 4.03. The summed E-state index contributed by atoms with van der Waals surface area (Å²) in [6, 6.07) is 5.30. The molecule has 2 aliphatic rings. The summed E-state index contributed by atoms with van der Waals surface area (Å²) in [6.45, 7) is 8.36. The first kappa shape index (κ1) is 20.5. The SMILES string of the molecule is Cc1ccc2c(c1)C(=O)N(CCCC(=O)NCC(C)CN1CCCCC1)C2=O. The third kappa shape index (κ3) is 4.98. The molecule has 3 amide bonds. The summed E-state index contributed by atoms with van der Waals surface area (Å²) in [5.41, 5.74) is 1.90. The van der Waals surface area contributed by atoms with Crippen LogP contribution in [0.1, 0.15) is 65.3 Å². The lowest BCUT2D eigenvalue weighted by Crippen LogP contribution is -2.38. The zero-order valence-electron chi connectivity index (χ0n) is 17.0. The van der Waals surface area contributed by atoms with Crippen LogP contribution in [0, 0.1) is 12.8 Å². The number of amides is 3. The molecule has 1 atom stereocenters. The van der Waals surface area contributed by atoms with Gasteiger partial charge in [-0.3, -0.25) is 19.3 Å². The number of likely N-dealkylation sites (tertiary alicyclic amines) is 1. The molecular weight excluding hydrogens is 354 g/mol. The van der Waals surface area contributed by atoms with E-state index in [-0.39, 0.29) is 24.3 Å². The highest BCUT2D eigenvalue weighted by Gasteiger charge is 2.34. The summed E-state index contributed by atoms with van der Waals surface area (Å²) in [4.78, 5) is 40.7. The number of hydrogen-bond donors (Lipinski definition) is 1. The van der Waals surface area contributed by atoms with Crippen molar-refractivity contribution in [1.82, 2.24) is 15.1 Å². The molecule has 0 bridgehead atoms. The average Bonchev–Trinajstić information content (AvgIpc) is 2.91. The van der Waals surface area contributed by atoms with E-state index < -0.39 is 0 Å². The number of carbonyl (C=O) groups is 3. The van der Waals surface area contributed by atoms with Gasteiger partial charge in [0.2, 0.25) is 5.91 Å². The highest BCUT2D eigenvalue weighted by Crippen LogP contribution is 2.24. The molecule has 6 heteroatoms. The molecule has 1 fully saturated rings. The van der Waals surface area contributed by atoms with Gasteiger partial charge in [0, 0.05) is 26.1 Å². The molecular formula is C22H31N3O3. The molecule has 28 heavy (non-hydrogen) atoms. The van der Waals surface area contributed by atoms with Gasteiger partial charge in [0.05, 0.1) is 11.1 Å². The highest BCUT2D eigenvalue weighted by molar-refractivity contribution is 6.21. The van der Waals surface area contributed by atoms with Gasteiger partial charge in [-0.2, -0.15) is 0 Å². The minimum atomic E-state index is -0.254. The van der Waals surface area contributed by atoms with Crippen LogP contribution in [0.25, 0.3) is 0 Å². The maximum absolute atomic E-state index is 12.4. The Bertz CT molecular complexity index is 741. The Morgan fingerprint density at radius 1 is 1.11 bits per heavy atom. The lowest BCUT2D eigenvalue weighted by atomic mass is 10.1. The molecule has 1 aromatic carbocycles. The predicted octanol–water partition coefficient (Wildman–Crippen LogP) is 2.61. The monoisotopic (exact) mass is 385 g/mol. The number of aryl methyl sites for hydroxylation is 1. The molecule has 0 saturated carbocycles. The van der Waals surface area contributed by atoms with Gasteiger partial charge >= 0.3 is 0 Å². The van der Waals surface area contributed by atoms with Gasteiger partial charge in [0.1, 0.15) is 0 Å². The normalized spacial score (nSPS) is 18.3. The second-order valence-electron chi connectivity index (χ2n) is 8.19. The number of imide groups is 1. The molecule has 6 nitrogen and oxygen atoms in total. The van der Waals surface area contributed by atoms with Crippen LogP contribution in [-0.2, 0) is 4.79 Å². The number of rotatable bonds is 8. The summed E-state index contributed by atoms with van der Waals surface area (Å²) in [6.07, 6.45) is 4.68. The van der Waals surface area contributed by atoms with Crippen LogP contribution in [0.5, 0.6) is 0 Å². The van der Waals surface area contributed by atoms with Crippen molar-refractivity contribution >= 4 is 17.7 Å². The van der Waals surface area contributed by atoms with E-state index in [1.807, 2.05) is 13.0 Å². The Hall–Kier alpha value is -2.21. The minimum Gasteiger partial charge on any atom is -0.356 e. The largest absolute Gasteiger partial charge is 0.356 e. The summed E-state index contributed by atoms with van der Waals surface area (Å²) < 4.78 is 0. The van der Waals surface area contributed by atoms with Crippen molar-refractivity contribution in [3.8, 4) is 0 Å². The molecule has 0 radical (unpaired) electrons. The number of hydrogen-bond acceptors (Lipinski definition) is 4. The lowest BCUT2D eigenvalue weighted by Gasteiger charge is -2.29. The Balaban J connectivity index is 1.37. The molecule has 0 aromatic heterocycles. The van der Waals surface area contributed by atoms with E-state index in [4.69, 9.17) is 0 Å². The first-order valence-electron chi connectivity index (χ1n) is 10.4. The first-order valence-corrected chi connectivity index (χ1v) is 10.4. The quantitative estimate of drug-likeness (QED) is 0.699. The van der Waals surface area contributed by atoms with Crippen molar-refractivity contribution in [2.75, 3.05) is 32.7 Å². The Labute approximate surface area is 167 Å². The van der Waals surface area contributed by atoms with Gasteiger partial charge in [0.25, 0.3) is 11.8 Å². The van der Waals surface area contributed by atoms with Crippen LogP contribution < -0.4 is 5.32 Å². The fraction of sp³-hybridized carbons (Fsp3) is 0.591. The summed E-state index contributed by atoms with van der Waals surface area (Å²) in [5.74, 6) is -0.103. The van der Waals surface area contributed by atoms with Crippen LogP contribution >= 0.6 is 0 Å². The maximum atomic E-state index is 12.4. The lowest BCUT2D eigenvalue weighted by molar-refractivity contribution is -0.121. The van der Waals surface area contributed by atoms with Crippen molar-refractivity contribution < 1.29 is 14.4 Å². The molecule has 3 rings (SSSR count). The van der Waals surface area contributed by atoms with E-state index in [0.29, 0.717) is 36.4 Å². The van der Waals surface area contributed by atoms with Crippen molar-refractivity contribution in [2.24, 2.45) is 5.92 Å². The Morgan fingerprint density at radius 3 is 2.57 bits per heavy atom. The Morgan fingerprint density at radius 2 is 1.82 bits per heavy atom. The maximum Gasteiger partial charge on any atom is 0.261 e. The average molecular weight is 386 g/mol. The molecule has 1 N–H and O–H groups in total. The number of fused-ring (bicyclic) bond motifs is 1. The topological polar surface area (TPSA) is 69.7 Å². The van der Waals surface area contributed by atoms with Gasteiger partial charge in [-0.05, 0) is 57.3 Å². The first-order chi connectivity index (χ1) is 13.5. The number of nitrogens with zero attached hydrogens (tertiary/aromatic N) is 2. The summed E-state index contributed by atoms with van der Waals surface area (Å²) >= 11 is 0. The second kappa shape index (κ2) is 9.32. The van der Waals surface area contributed by atoms with E-state index in [9.17, 15) is 14.4 Å². The molecule has 152 valence electrons. The zero-order chi connectivity index (χ0) is 20.1. The standard InChI is InChI=1S/C22H31N3O3/c1-16-8-9-18-19(13-16)22(28)25(21(18)27)12-6-7-20(26)23-14-17(2)15-24-10-4-3-5-11-24/h8-9,13,17H,3-7,10-12,14-15H2,1-2H3,(H,23,26). The Kier molecular flexibility index (Phi) is 6.83. The fourth-order valence-electron chi connectivity index (χ4n) is 4.03. The van der Waals surface area contributed by atoms with Crippen LogP contribution in [0.4, 0.5) is 0 Å². The zero-order valence-corrected chi connectivity index (χ0v) is 17.0. The van der Waals surface area contributed by atoms with Gasteiger partial charge in [0.15, 0.2) is 0 Å². The summed E-state index contributed by atoms with van der Waals surface area (Å²) in [5, 5.41) is 2.99. The predicted molar refractivity (Wildman–Crippen MR) is 108 cm³/mol. The summed E-state index contributed by atoms with van der Waals surface area (Å²) in [7, 11) is 0. The molecule has 2 heterocycles. The van der Waals surface area contributed by atoms with Gasteiger partial charge in [-0.1, -0.05) is 25.0 Å². The number of piperidine rings is 1. The van der Waals surface area contributed by atoms with E-state index >= 15 is 0 Å². The number of nitrogens with one attached hydrogen (secondary N) is 1. The van der Waals surface area contributed by atoms with Gasteiger partial charge in [-0.15, -0.1) is 0 Å². The van der Waals surface area contributed by atoms with Crippen molar-refractivity contribution in [3.63, 3.8) is 0 Å². The second-order valence-corrected chi connectivity index (χ2v) is 8.19. The molecule has 1 unspecified atom stereocenters. The van der Waals surface area contributed by atoms with Crippen LogP contribution in [0.15, 0.2) is 18.2 Å². The van der Waals surface area contributed by atoms with E-state index in [1.165, 1.54) is 24.2 Å². The van der Waals surface area contributed by atoms with Crippen molar-refractivity contribution in [2.45, 2.75) is 46.0 Å². The minimum absolute atomic E-state index is 0.0158. The third-order valence-electron chi connectivity index (χ3n) is 5.58. The highest BCUT2D eigenvalue weighted by atomic mass is 16.2. The molecule has 2 aliphatic heterocycles. The van der Waals surface area contributed by atoms with Crippen LogP contribution in [0.3, 0.4) is 0 Å². The van der Waals surface area contributed by atoms with E-state index in [2.05, 4.69) is 17.1 Å². The smallest absolute Gasteiger partial charge is 0.261 e. The van der Waals surface area contributed by atoms with Crippen molar-refractivity contribution in [1.29, 1.82) is 0 Å². The third-order valence-corrected chi connectivity index (χ3v) is 5.58. The van der Waals surface area contributed by atoms with Crippen molar-refractivity contribution in [3.05, 3.63) is 34.9 Å². The van der Waals surface area contributed by atoms with Crippen LogP contribution in [-0.4, -0.2) is 60.2 Å².